The van der Waals surface area contributed by atoms with Gasteiger partial charge in [-0.2, -0.15) is 8.42 Å². The lowest BCUT2D eigenvalue weighted by molar-refractivity contribution is 0.447. The average molecular weight is 228 g/mol. The molecule has 1 N–H and O–H groups in total. The van der Waals surface area contributed by atoms with Crippen LogP contribution in [0.2, 0.25) is 0 Å². The van der Waals surface area contributed by atoms with Gasteiger partial charge in [0.1, 0.15) is 0 Å². The van der Waals surface area contributed by atoms with Crippen LogP contribution in [0.25, 0.3) is 0 Å². The molecular formula is C7H7F3O3S. The van der Waals surface area contributed by atoms with Gasteiger partial charge in [-0.3, -0.25) is 4.55 Å². The molecule has 14 heavy (non-hydrogen) atoms. The van der Waals surface area contributed by atoms with E-state index in [1.54, 1.807) is 0 Å². The van der Waals surface area contributed by atoms with Gasteiger partial charge < -0.3 is 0 Å². The lowest BCUT2D eigenvalue weighted by Crippen LogP contribution is -1.88. The fourth-order valence-corrected chi connectivity index (χ4v) is 0.477. The summed E-state index contributed by atoms with van der Waals surface area (Å²) in [5.74, 6) is -3.73. The molecule has 0 aliphatic carbocycles. The Labute approximate surface area is 78.9 Å². The molecule has 0 fully saturated rings. The molecule has 3 nitrogen and oxygen atoms in total. The first-order valence-electron chi connectivity index (χ1n) is 3.24. The Morgan fingerprint density at radius 2 is 1.43 bits per heavy atom. The number of hydrogen-bond acceptors (Lipinski definition) is 2. The number of halogens is 3. The minimum atomic E-state index is -3.67. The maximum absolute atomic E-state index is 12.0. The molecule has 0 saturated carbocycles. The Balaban J connectivity index is 0.000000292. The second-order valence-electron chi connectivity index (χ2n) is 2.27. The minimum Gasteiger partial charge on any atom is -0.286 e. The van der Waals surface area contributed by atoms with Crippen molar-refractivity contribution in [3.05, 3.63) is 35.7 Å². The molecule has 0 amide bonds. The van der Waals surface area contributed by atoms with Crippen molar-refractivity contribution in [2.45, 2.75) is 0 Å². The molecule has 0 aliphatic rings. The Kier molecular flexibility index (Phi) is 4.58. The summed E-state index contributed by atoms with van der Waals surface area (Å²) >= 11 is 0. The molecule has 0 atom stereocenters. The third kappa shape index (κ3) is 6.44. The van der Waals surface area contributed by atoms with Gasteiger partial charge in [0, 0.05) is 0 Å². The average Bonchev–Trinajstić information content (AvgIpc) is 1.97. The number of rotatable bonds is 0. The smallest absolute Gasteiger partial charge is 0.261 e. The van der Waals surface area contributed by atoms with Gasteiger partial charge in [-0.05, 0) is 12.1 Å². The molecule has 80 valence electrons. The highest BCUT2D eigenvalue weighted by Crippen LogP contribution is 2.07. The largest absolute Gasteiger partial charge is 0.286 e. The van der Waals surface area contributed by atoms with Gasteiger partial charge in [-0.1, -0.05) is 6.07 Å². The molecule has 0 aliphatic heterocycles. The number of hydrogen-bond donors (Lipinski definition) is 1. The van der Waals surface area contributed by atoms with Crippen LogP contribution in [-0.4, -0.2) is 19.2 Å². The maximum atomic E-state index is 12.0. The quantitative estimate of drug-likeness (QED) is 0.542. The first kappa shape index (κ1) is 12.9. The first-order valence-corrected chi connectivity index (χ1v) is 5.08. The zero-order valence-electron chi connectivity index (χ0n) is 7.04. The third-order valence-electron chi connectivity index (χ3n) is 0.904. The van der Waals surface area contributed by atoms with Crippen molar-refractivity contribution >= 4 is 10.1 Å². The zero-order valence-corrected chi connectivity index (χ0v) is 7.85. The highest BCUT2D eigenvalue weighted by molar-refractivity contribution is 7.85. The summed E-state index contributed by atoms with van der Waals surface area (Å²) in [6.45, 7) is 0. The van der Waals surface area contributed by atoms with E-state index in [4.69, 9.17) is 4.55 Å². The van der Waals surface area contributed by atoms with Gasteiger partial charge >= 0.3 is 0 Å². The Morgan fingerprint density at radius 1 is 1.14 bits per heavy atom. The van der Waals surface area contributed by atoms with Crippen molar-refractivity contribution in [1.82, 2.24) is 0 Å². The van der Waals surface area contributed by atoms with Crippen molar-refractivity contribution in [1.29, 1.82) is 0 Å². The molecule has 0 spiro atoms. The van der Waals surface area contributed by atoms with Crippen LogP contribution in [-0.2, 0) is 10.1 Å². The second kappa shape index (κ2) is 4.97. The standard InChI is InChI=1S/C6H3F3.CH4O3S/c7-4-2-1-3-5(8)6(4)9;1-5(2,3)4/h1-3H;1H3,(H,2,3,4). The van der Waals surface area contributed by atoms with Crippen LogP contribution in [0.3, 0.4) is 0 Å². The molecule has 0 heterocycles. The molecule has 0 radical (unpaired) electrons. The maximum Gasteiger partial charge on any atom is 0.261 e. The molecule has 0 unspecified atom stereocenters. The topological polar surface area (TPSA) is 54.4 Å². The van der Waals surface area contributed by atoms with Crippen LogP contribution in [0.5, 0.6) is 0 Å². The predicted molar refractivity (Wildman–Crippen MR) is 43.8 cm³/mol. The molecule has 1 aromatic carbocycles. The SMILES string of the molecule is CS(=O)(=O)O.Fc1cccc(F)c1F. The summed E-state index contributed by atoms with van der Waals surface area (Å²) in [4.78, 5) is 0. The highest BCUT2D eigenvalue weighted by atomic mass is 32.2. The van der Waals surface area contributed by atoms with Gasteiger partial charge in [0.2, 0.25) is 0 Å². The van der Waals surface area contributed by atoms with E-state index in [9.17, 15) is 21.6 Å². The predicted octanol–water partition coefficient (Wildman–Crippen LogP) is 1.61. The van der Waals surface area contributed by atoms with Crippen LogP contribution in [0, 0.1) is 17.5 Å². The summed E-state index contributed by atoms with van der Waals surface area (Å²) in [6.07, 6.45) is 0.715. The van der Waals surface area contributed by atoms with Gasteiger partial charge in [0.25, 0.3) is 10.1 Å². The van der Waals surface area contributed by atoms with Crippen LogP contribution in [0.1, 0.15) is 0 Å². The van der Waals surface area contributed by atoms with Crippen molar-refractivity contribution in [2.75, 3.05) is 6.26 Å². The molecule has 0 bridgehead atoms. The van der Waals surface area contributed by atoms with Crippen molar-refractivity contribution in [3.8, 4) is 0 Å². The summed E-state index contributed by atoms with van der Waals surface area (Å²) in [6, 6.07) is 2.82. The van der Waals surface area contributed by atoms with Crippen LogP contribution in [0.4, 0.5) is 13.2 Å². The summed E-state index contributed by atoms with van der Waals surface area (Å²) in [5.41, 5.74) is 0. The van der Waals surface area contributed by atoms with Crippen LogP contribution >= 0.6 is 0 Å². The third-order valence-corrected chi connectivity index (χ3v) is 0.904. The molecular weight excluding hydrogens is 221 g/mol. The van der Waals surface area contributed by atoms with E-state index in [1.165, 1.54) is 0 Å². The van der Waals surface area contributed by atoms with Crippen LogP contribution < -0.4 is 0 Å². The Bertz CT molecular complexity index is 374. The monoisotopic (exact) mass is 228 g/mol. The zero-order chi connectivity index (χ0) is 11.4. The molecule has 0 aromatic heterocycles. The van der Waals surface area contributed by atoms with E-state index >= 15 is 0 Å². The van der Waals surface area contributed by atoms with E-state index in [-0.39, 0.29) is 0 Å². The van der Waals surface area contributed by atoms with Crippen molar-refractivity contribution in [2.24, 2.45) is 0 Å². The Morgan fingerprint density at radius 3 is 1.64 bits per heavy atom. The number of benzene rings is 1. The summed E-state index contributed by atoms with van der Waals surface area (Å²) in [7, 11) is -3.67. The summed E-state index contributed by atoms with van der Waals surface area (Å²) in [5, 5.41) is 0. The van der Waals surface area contributed by atoms with E-state index in [2.05, 4.69) is 0 Å². The Hall–Kier alpha value is -1.08. The van der Waals surface area contributed by atoms with E-state index in [0.717, 1.165) is 18.2 Å². The van der Waals surface area contributed by atoms with Gasteiger partial charge in [-0.25, -0.2) is 13.2 Å². The first-order chi connectivity index (χ1) is 6.22. The fourth-order valence-electron chi connectivity index (χ4n) is 0.477. The molecule has 1 rings (SSSR count). The van der Waals surface area contributed by atoms with Crippen molar-refractivity contribution < 1.29 is 26.1 Å². The minimum absolute atomic E-state index is 0.715. The molecule has 1 aromatic rings. The highest BCUT2D eigenvalue weighted by Gasteiger charge is 2.04. The fraction of sp³-hybridized carbons (Fsp3) is 0.143. The molecule has 0 saturated heterocycles. The van der Waals surface area contributed by atoms with E-state index < -0.39 is 27.6 Å². The summed E-state index contributed by atoms with van der Waals surface area (Å²) < 4.78 is 61.8. The normalized spacial score (nSPS) is 10.4. The lowest BCUT2D eigenvalue weighted by atomic mass is 10.3. The lowest BCUT2D eigenvalue weighted by Gasteiger charge is -1.90. The van der Waals surface area contributed by atoms with E-state index in [1.807, 2.05) is 0 Å². The molecule has 7 heteroatoms. The van der Waals surface area contributed by atoms with Gasteiger partial charge in [0.15, 0.2) is 17.5 Å². The van der Waals surface area contributed by atoms with Gasteiger partial charge in [-0.15, -0.1) is 0 Å². The van der Waals surface area contributed by atoms with Gasteiger partial charge in [0.05, 0.1) is 6.26 Å². The van der Waals surface area contributed by atoms with E-state index in [0.29, 0.717) is 6.26 Å². The second-order valence-corrected chi connectivity index (χ2v) is 3.73. The van der Waals surface area contributed by atoms with Crippen molar-refractivity contribution in [3.63, 3.8) is 0 Å². The van der Waals surface area contributed by atoms with Crippen LogP contribution in [0.15, 0.2) is 18.2 Å².